The van der Waals surface area contributed by atoms with Crippen LogP contribution in [0.25, 0.3) is 0 Å². The largest absolute Gasteiger partial charge is 0.310 e. The van der Waals surface area contributed by atoms with E-state index in [-0.39, 0.29) is 11.9 Å². The highest BCUT2D eigenvalue weighted by atomic mass is 32.2. The van der Waals surface area contributed by atoms with Crippen LogP contribution < -0.4 is 5.32 Å². The Hall–Kier alpha value is -0.540. The van der Waals surface area contributed by atoms with E-state index in [9.17, 15) is 4.39 Å². The van der Waals surface area contributed by atoms with Crippen LogP contribution in [0.4, 0.5) is 4.39 Å². The molecule has 1 fully saturated rings. The molecule has 2 rings (SSSR count). The van der Waals surface area contributed by atoms with Crippen LogP contribution in [0.5, 0.6) is 0 Å². The van der Waals surface area contributed by atoms with Crippen molar-refractivity contribution in [3.05, 3.63) is 35.1 Å². The van der Waals surface area contributed by atoms with Crippen LogP contribution >= 0.6 is 11.8 Å². The van der Waals surface area contributed by atoms with Gasteiger partial charge in [-0.3, -0.25) is 0 Å². The number of aryl methyl sites for hydroxylation is 1. The van der Waals surface area contributed by atoms with Gasteiger partial charge in [0.2, 0.25) is 0 Å². The second kappa shape index (κ2) is 8.04. The van der Waals surface area contributed by atoms with E-state index in [0.717, 1.165) is 28.7 Å². The van der Waals surface area contributed by atoms with Gasteiger partial charge in [0, 0.05) is 17.0 Å². The number of benzene rings is 1. The Morgan fingerprint density at radius 2 is 2.05 bits per heavy atom. The van der Waals surface area contributed by atoms with Crippen molar-refractivity contribution >= 4 is 11.8 Å². The quantitative estimate of drug-likeness (QED) is 0.805. The number of halogens is 1. The molecule has 1 unspecified atom stereocenters. The predicted octanol–water partition coefficient (Wildman–Crippen LogP) is 4.85. The summed E-state index contributed by atoms with van der Waals surface area (Å²) in [6, 6.07) is 5.92. The number of hydrogen-bond donors (Lipinski definition) is 1. The fourth-order valence-electron chi connectivity index (χ4n) is 2.81. The van der Waals surface area contributed by atoms with E-state index in [1.54, 1.807) is 6.07 Å². The molecule has 1 aliphatic carbocycles. The standard InChI is InChI=1S/C17H26FNS/c1-3-19-17(12-20-15-7-5-4-6-8-15)14-10-9-13(2)16(18)11-14/h9-11,15,17,19H,3-8,12H2,1-2H3. The molecule has 20 heavy (non-hydrogen) atoms. The topological polar surface area (TPSA) is 12.0 Å². The third-order valence-corrected chi connectivity index (χ3v) is 5.57. The minimum absolute atomic E-state index is 0.0898. The molecule has 1 atom stereocenters. The fraction of sp³-hybridized carbons (Fsp3) is 0.647. The molecule has 1 aromatic rings. The number of nitrogens with one attached hydrogen (secondary N) is 1. The fourth-order valence-corrected chi connectivity index (χ4v) is 4.25. The van der Waals surface area contributed by atoms with Crippen LogP contribution in [-0.2, 0) is 0 Å². The summed E-state index contributed by atoms with van der Waals surface area (Å²) >= 11 is 2.07. The van der Waals surface area contributed by atoms with Crippen LogP contribution in [0.1, 0.15) is 56.2 Å². The average molecular weight is 295 g/mol. The predicted molar refractivity (Wildman–Crippen MR) is 86.9 cm³/mol. The van der Waals surface area contributed by atoms with Gasteiger partial charge in [0.25, 0.3) is 0 Å². The molecular weight excluding hydrogens is 269 g/mol. The number of hydrogen-bond acceptors (Lipinski definition) is 2. The van der Waals surface area contributed by atoms with Crippen LogP contribution in [0.15, 0.2) is 18.2 Å². The summed E-state index contributed by atoms with van der Waals surface area (Å²) in [7, 11) is 0. The molecule has 0 heterocycles. The van der Waals surface area contributed by atoms with Gasteiger partial charge in [0.05, 0.1) is 0 Å². The lowest BCUT2D eigenvalue weighted by molar-refractivity contribution is 0.514. The second-order valence-electron chi connectivity index (χ2n) is 5.71. The molecule has 1 N–H and O–H groups in total. The molecule has 0 spiro atoms. The summed E-state index contributed by atoms with van der Waals surface area (Å²) in [4.78, 5) is 0. The molecule has 0 amide bonds. The molecule has 1 nitrogen and oxygen atoms in total. The van der Waals surface area contributed by atoms with Crippen molar-refractivity contribution in [1.29, 1.82) is 0 Å². The zero-order valence-corrected chi connectivity index (χ0v) is 13.4. The lowest BCUT2D eigenvalue weighted by Gasteiger charge is -2.25. The van der Waals surface area contributed by atoms with E-state index in [1.807, 2.05) is 13.0 Å². The Labute approximate surface area is 126 Å². The van der Waals surface area contributed by atoms with Crippen molar-refractivity contribution in [2.45, 2.75) is 57.2 Å². The Kier molecular flexibility index (Phi) is 6.37. The van der Waals surface area contributed by atoms with E-state index in [1.165, 1.54) is 32.1 Å². The highest BCUT2D eigenvalue weighted by Crippen LogP contribution is 2.31. The first-order chi connectivity index (χ1) is 9.70. The van der Waals surface area contributed by atoms with Gasteiger partial charge in [-0.25, -0.2) is 4.39 Å². The van der Waals surface area contributed by atoms with E-state index in [0.29, 0.717) is 0 Å². The average Bonchev–Trinajstić information content (AvgIpc) is 2.47. The van der Waals surface area contributed by atoms with Gasteiger partial charge in [0.1, 0.15) is 5.82 Å². The van der Waals surface area contributed by atoms with Gasteiger partial charge in [0.15, 0.2) is 0 Å². The van der Waals surface area contributed by atoms with Crippen LogP contribution in [-0.4, -0.2) is 17.5 Å². The Morgan fingerprint density at radius 3 is 2.70 bits per heavy atom. The van der Waals surface area contributed by atoms with Gasteiger partial charge < -0.3 is 5.32 Å². The van der Waals surface area contributed by atoms with Gasteiger partial charge >= 0.3 is 0 Å². The van der Waals surface area contributed by atoms with Crippen molar-refractivity contribution in [3.63, 3.8) is 0 Å². The molecule has 1 saturated carbocycles. The maximum atomic E-state index is 13.7. The van der Waals surface area contributed by atoms with Gasteiger partial charge in [-0.2, -0.15) is 11.8 Å². The molecule has 1 aliphatic rings. The molecule has 3 heteroatoms. The molecule has 0 aliphatic heterocycles. The van der Waals surface area contributed by atoms with E-state index < -0.39 is 0 Å². The van der Waals surface area contributed by atoms with Gasteiger partial charge in [-0.15, -0.1) is 0 Å². The number of thioether (sulfide) groups is 1. The van der Waals surface area contributed by atoms with Crippen molar-refractivity contribution in [2.24, 2.45) is 0 Å². The van der Waals surface area contributed by atoms with Gasteiger partial charge in [-0.1, -0.05) is 38.3 Å². The van der Waals surface area contributed by atoms with Gasteiger partial charge in [-0.05, 0) is 43.5 Å². The molecule has 0 aromatic heterocycles. The third kappa shape index (κ3) is 4.49. The minimum atomic E-state index is -0.0898. The SMILES string of the molecule is CCNC(CSC1CCCCC1)c1ccc(C)c(F)c1. The lowest BCUT2D eigenvalue weighted by atomic mass is 10.0. The van der Waals surface area contributed by atoms with Crippen molar-refractivity contribution in [1.82, 2.24) is 5.32 Å². The summed E-state index contributed by atoms with van der Waals surface area (Å²) in [6.45, 7) is 4.85. The third-order valence-electron chi connectivity index (χ3n) is 4.10. The summed E-state index contributed by atoms with van der Waals surface area (Å²) in [5.74, 6) is 0.953. The van der Waals surface area contributed by atoms with Crippen molar-refractivity contribution in [2.75, 3.05) is 12.3 Å². The molecular formula is C17H26FNS. The Morgan fingerprint density at radius 1 is 1.30 bits per heavy atom. The molecule has 0 saturated heterocycles. The van der Waals surface area contributed by atoms with E-state index in [2.05, 4.69) is 30.1 Å². The smallest absolute Gasteiger partial charge is 0.126 e. The summed E-state index contributed by atoms with van der Waals surface area (Å²) < 4.78 is 13.7. The van der Waals surface area contributed by atoms with Crippen LogP contribution in [0, 0.1) is 12.7 Å². The van der Waals surface area contributed by atoms with E-state index >= 15 is 0 Å². The van der Waals surface area contributed by atoms with Crippen molar-refractivity contribution in [3.8, 4) is 0 Å². The monoisotopic (exact) mass is 295 g/mol. The van der Waals surface area contributed by atoms with Crippen LogP contribution in [0.3, 0.4) is 0 Å². The zero-order valence-electron chi connectivity index (χ0n) is 12.6. The molecule has 112 valence electrons. The molecule has 1 aromatic carbocycles. The maximum Gasteiger partial charge on any atom is 0.126 e. The Bertz CT molecular complexity index is 415. The maximum absolute atomic E-state index is 13.7. The zero-order chi connectivity index (χ0) is 14.4. The van der Waals surface area contributed by atoms with Crippen LogP contribution in [0.2, 0.25) is 0 Å². The van der Waals surface area contributed by atoms with E-state index in [4.69, 9.17) is 0 Å². The normalized spacial score (nSPS) is 18.1. The van der Waals surface area contributed by atoms with Crippen molar-refractivity contribution < 1.29 is 4.39 Å². The summed E-state index contributed by atoms with van der Waals surface area (Å²) in [5, 5.41) is 4.30. The number of rotatable bonds is 6. The molecule has 0 radical (unpaired) electrons. The Balaban J connectivity index is 1.96. The summed E-state index contributed by atoms with van der Waals surface area (Å²) in [5.41, 5.74) is 1.81. The second-order valence-corrected chi connectivity index (χ2v) is 7.05. The highest BCUT2D eigenvalue weighted by Gasteiger charge is 2.18. The molecule has 0 bridgehead atoms. The first kappa shape index (κ1) is 15.8. The minimum Gasteiger partial charge on any atom is -0.310 e. The highest BCUT2D eigenvalue weighted by molar-refractivity contribution is 7.99. The lowest BCUT2D eigenvalue weighted by Crippen LogP contribution is -2.24. The summed E-state index contributed by atoms with van der Waals surface area (Å²) in [6.07, 6.45) is 6.86. The first-order valence-electron chi connectivity index (χ1n) is 7.81. The first-order valence-corrected chi connectivity index (χ1v) is 8.86.